The summed E-state index contributed by atoms with van der Waals surface area (Å²) in [6.07, 6.45) is 0. The van der Waals surface area contributed by atoms with E-state index in [1.807, 2.05) is 44.3 Å². The zero-order valence-electron chi connectivity index (χ0n) is 18.4. The molecule has 0 unspecified atom stereocenters. The van der Waals surface area contributed by atoms with Crippen LogP contribution >= 0.6 is 0 Å². The molecule has 0 fully saturated rings. The number of rotatable bonds is 5. The van der Waals surface area contributed by atoms with Crippen LogP contribution in [-0.2, 0) is 11.8 Å². The molecule has 3 aromatic carbocycles. The Labute approximate surface area is 186 Å². The summed E-state index contributed by atoms with van der Waals surface area (Å²) in [7, 11) is 3.48. The number of aryl methyl sites for hydroxylation is 2. The first-order valence-electron chi connectivity index (χ1n) is 10.2. The summed E-state index contributed by atoms with van der Waals surface area (Å²) >= 11 is 0. The Morgan fingerprint density at radius 1 is 0.938 bits per heavy atom. The molecule has 2 N–H and O–H groups in total. The van der Waals surface area contributed by atoms with E-state index in [4.69, 9.17) is 9.84 Å². The van der Waals surface area contributed by atoms with Crippen LogP contribution in [0.5, 0.6) is 5.75 Å². The lowest BCUT2D eigenvalue weighted by Gasteiger charge is -2.09. The van der Waals surface area contributed by atoms with Crippen molar-refractivity contribution in [3.8, 4) is 17.0 Å². The molecule has 4 rings (SSSR count). The quantitative estimate of drug-likeness (QED) is 0.480. The van der Waals surface area contributed by atoms with E-state index >= 15 is 0 Å². The molecule has 0 bridgehead atoms. The third-order valence-corrected chi connectivity index (χ3v) is 5.26. The number of carbonyl (C=O) groups excluding carboxylic acids is 2. The van der Waals surface area contributed by atoms with Gasteiger partial charge in [-0.05, 0) is 67.1 Å². The molecule has 0 saturated heterocycles. The third-order valence-electron chi connectivity index (χ3n) is 5.26. The minimum atomic E-state index is -0.204. The van der Waals surface area contributed by atoms with Gasteiger partial charge in [-0.1, -0.05) is 6.07 Å². The average molecular weight is 428 g/mol. The molecule has 1 heterocycles. The van der Waals surface area contributed by atoms with E-state index in [9.17, 15) is 9.59 Å². The zero-order valence-corrected chi connectivity index (χ0v) is 18.4. The fourth-order valence-corrected chi connectivity index (χ4v) is 3.69. The van der Waals surface area contributed by atoms with Crippen molar-refractivity contribution in [1.82, 2.24) is 9.78 Å². The highest BCUT2D eigenvalue weighted by Crippen LogP contribution is 2.32. The van der Waals surface area contributed by atoms with Gasteiger partial charge in [0, 0.05) is 41.9 Å². The van der Waals surface area contributed by atoms with E-state index in [1.54, 1.807) is 42.1 Å². The van der Waals surface area contributed by atoms with Crippen LogP contribution in [0, 0.1) is 6.92 Å². The molecule has 7 heteroatoms. The van der Waals surface area contributed by atoms with Gasteiger partial charge in [0.25, 0.3) is 5.91 Å². The van der Waals surface area contributed by atoms with Crippen molar-refractivity contribution in [1.29, 1.82) is 0 Å². The molecule has 32 heavy (non-hydrogen) atoms. The van der Waals surface area contributed by atoms with Crippen molar-refractivity contribution in [3.05, 3.63) is 71.8 Å². The topological polar surface area (TPSA) is 85.2 Å². The molecule has 0 aliphatic carbocycles. The van der Waals surface area contributed by atoms with Crippen molar-refractivity contribution in [2.75, 3.05) is 17.7 Å². The van der Waals surface area contributed by atoms with Crippen LogP contribution < -0.4 is 15.4 Å². The summed E-state index contributed by atoms with van der Waals surface area (Å²) in [6, 6.07) is 18.4. The predicted octanol–water partition coefficient (Wildman–Crippen LogP) is 4.77. The van der Waals surface area contributed by atoms with Gasteiger partial charge in [-0.15, -0.1) is 0 Å². The number of ether oxygens (including phenoxy) is 1. The Bertz CT molecular complexity index is 1320. The average Bonchev–Trinajstić information content (AvgIpc) is 3.09. The number of methoxy groups -OCH3 is 1. The van der Waals surface area contributed by atoms with Gasteiger partial charge in [0.15, 0.2) is 0 Å². The Morgan fingerprint density at radius 2 is 1.66 bits per heavy atom. The second-order valence-electron chi connectivity index (χ2n) is 7.60. The van der Waals surface area contributed by atoms with Gasteiger partial charge in [-0.2, -0.15) is 5.10 Å². The van der Waals surface area contributed by atoms with Crippen LogP contribution in [-0.4, -0.2) is 28.7 Å². The first kappa shape index (κ1) is 21.1. The smallest absolute Gasteiger partial charge is 0.255 e. The maximum atomic E-state index is 12.9. The van der Waals surface area contributed by atoms with E-state index in [2.05, 4.69) is 10.6 Å². The monoisotopic (exact) mass is 428 g/mol. The number of aromatic nitrogens is 2. The molecule has 0 aliphatic heterocycles. The molecular formula is C25H24N4O3. The number of anilines is 2. The SMILES string of the molecule is COc1ccc(NC(=O)c2ccc3c(c2)c(-c2ccc(NC(C)=O)cc2C)nn3C)cc1. The fraction of sp³-hybridized carbons (Fsp3) is 0.160. The summed E-state index contributed by atoms with van der Waals surface area (Å²) < 4.78 is 6.96. The molecule has 1 aromatic heterocycles. The van der Waals surface area contributed by atoms with Gasteiger partial charge < -0.3 is 15.4 Å². The second-order valence-corrected chi connectivity index (χ2v) is 7.60. The lowest BCUT2D eigenvalue weighted by atomic mass is 10.0. The van der Waals surface area contributed by atoms with Crippen LogP contribution in [0.15, 0.2) is 60.7 Å². The lowest BCUT2D eigenvalue weighted by molar-refractivity contribution is -0.114. The van der Waals surface area contributed by atoms with Crippen molar-refractivity contribution >= 4 is 34.1 Å². The normalized spacial score (nSPS) is 10.8. The van der Waals surface area contributed by atoms with Crippen LogP contribution in [0.4, 0.5) is 11.4 Å². The van der Waals surface area contributed by atoms with E-state index in [1.165, 1.54) is 6.92 Å². The first-order chi connectivity index (χ1) is 15.4. The van der Waals surface area contributed by atoms with Crippen molar-refractivity contribution in [3.63, 3.8) is 0 Å². The molecule has 0 atom stereocenters. The Morgan fingerprint density at radius 3 is 2.31 bits per heavy atom. The van der Waals surface area contributed by atoms with E-state index in [0.29, 0.717) is 11.3 Å². The first-order valence-corrected chi connectivity index (χ1v) is 10.2. The van der Waals surface area contributed by atoms with Crippen molar-refractivity contribution in [2.24, 2.45) is 7.05 Å². The molecular weight excluding hydrogens is 404 g/mol. The summed E-state index contributed by atoms with van der Waals surface area (Å²) in [6.45, 7) is 3.45. The minimum Gasteiger partial charge on any atom is -0.497 e. The van der Waals surface area contributed by atoms with Gasteiger partial charge in [0.1, 0.15) is 11.4 Å². The molecule has 7 nitrogen and oxygen atoms in total. The number of fused-ring (bicyclic) bond motifs is 1. The zero-order chi connectivity index (χ0) is 22.8. The minimum absolute atomic E-state index is 0.118. The van der Waals surface area contributed by atoms with Crippen LogP contribution in [0.2, 0.25) is 0 Å². The molecule has 0 saturated carbocycles. The third kappa shape index (κ3) is 4.18. The van der Waals surface area contributed by atoms with Gasteiger partial charge >= 0.3 is 0 Å². The molecule has 0 radical (unpaired) electrons. The number of hydrogen-bond acceptors (Lipinski definition) is 4. The van der Waals surface area contributed by atoms with Gasteiger partial charge in [-0.3, -0.25) is 14.3 Å². The predicted molar refractivity (Wildman–Crippen MR) is 126 cm³/mol. The summed E-state index contributed by atoms with van der Waals surface area (Å²) in [5.74, 6) is 0.404. The van der Waals surface area contributed by atoms with E-state index in [-0.39, 0.29) is 11.8 Å². The van der Waals surface area contributed by atoms with Gasteiger partial charge in [-0.25, -0.2) is 0 Å². The van der Waals surface area contributed by atoms with Crippen LogP contribution in [0.25, 0.3) is 22.2 Å². The second kappa shape index (κ2) is 8.55. The number of amides is 2. The number of carbonyl (C=O) groups is 2. The molecule has 0 spiro atoms. The highest BCUT2D eigenvalue weighted by molar-refractivity contribution is 6.07. The maximum absolute atomic E-state index is 12.9. The van der Waals surface area contributed by atoms with Crippen LogP contribution in [0.1, 0.15) is 22.8 Å². The number of nitrogens with zero attached hydrogens (tertiary/aromatic N) is 2. The largest absolute Gasteiger partial charge is 0.497 e. The summed E-state index contributed by atoms with van der Waals surface area (Å²) in [5.41, 5.74) is 5.59. The van der Waals surface area contributed by atoms with Crippen molar-refractivity contribution in [2.45, 2.75) is 13.8 Å². The van der Waals surface area contributed by atoms with E-state index in [0.717, 1.165) is 39.2 Å². The summed E-state index contributed by atoms with van der Waals surface area (Å²) in [5, 5.41) is 11.3. The standard InChI is InChI=1S/C25H24N4O3/c1-15-13-19(26-16(2)30)8-11-21(15)24-22-14-17(5-12-23(22)29(3)28-24)25(31)27-18-6-9-20(32-4)10-7-18/h5-14H,1-4H3,(H,26,30)(H,27,31). The van der Waals surface area contributed by atoms with E-state index < -0.39 is 0 Å². The molecule has 162 valence electrons. The van der Waals surface area contributed by atoms with Gasteiger partial charge in [0.05, 0.1) is 12.6 Å². The number of hydrogen-bond donors (Lipinski definition) is 2. The maximum Gasteiger partial charge on any atom is 0.255 e. The molecule has 4 aromatic rings. The number of nitrogens with one attached hydrogen (secondary N) is 2. The number of benzene rings is 3. The molecule has 2 amide bonds. The van der Waals surface area contributed by atoms with Crippen molar-refractivity contribution < 1.29 is 14.3 Å². The Kier molecular flexibility index (Phi) is 5.64. The van der Waals surface area contributed by atoms with Gasteiger partial charge in [0.2, 0.25) is 5.91 Å². The highest BCUT2D eigenvalue weighted by Gasteiger charge is 2.16. The fourth-order valence-electron chi connectivity index (χ4n) is 3.69. The Balaban J connectivity index is 1.69. The highest BCUT2D eigenvalue weighted by atomic mass is 16.5. The summed E-state index contributed by atoms with van der Waals surface area (Å²) in [4.78, 5) is 24.2. The molecule has 0 aliphatic rings. The Hall–Kier alpha value is -4.13. The lowest BCUT2D eigenvalue weighted by Crippen LogP contribution is -2.11. The van der Waals surface area contributed by atoms with Crippen LogP contribution in [0.3, 0.4) is 0 Å².